The van der Waals surface area contributed by atoms with Crippen LogP contribution in [0.1, 0.15) is 12.5 Å². The van der Waals surface area contributed by atoms with Crippen LogP contribution in [-0.4, -0.2) is 18.6 Å². The van der Waals surface area contributed by atoms with Crippen molar-refractivity contribution in [1.82, 2.24) is 5.32 Å². The quantitative estimate of drug-likeness (QED) is 0.830. The molecule has 1 amide bonds. The van der Waals surface area contributed by atoms with E-state index in [2.05, 4.69) is 11.9 Å². The van der Waals surface area contributed by atoms with Crippen molar-refractivity contribution in [2.75, 3.05) is 6.54 Å². The molecular weight excluding hydrogens is 252 g/mol. The highest BCUT2D eigenvalue weighted by Gasteiger charge is 2.15. The van der Waals surface area contributed by atoms with Gasteiger partial charge in [-0.1, -0.05) is 17.7 Å². The van der Waals surface area contributed by atoms with E-state index < -0.39 is 6.10 Å². The molecule has 0 bridgehead atoms. The first-order valence-corrected chi connectivity index (χ1v) is 5.71. The Hall–Kier alpha value is -1.99. The lowest BCUT2D eigenvalue weighted by molar-refractivity contribution is -0.127. The summed E-state index contributed by atoms with van der Waals surface area (Å²) in [5.74, 6) is 0.118. The molecule has 18 heavy (non-hydrogen) atoms. The van der Waals surface area contributed by atoms with Crippen molar-refractivity contribution in [2.24, 2.45) is 0 Å². The number of carbonyl (C=O) groups excluding carboxylic acids is 1. The van der Waals surface area contributed by atoms with Crippen LogP contribution in [0.2, 0.25) is 5.02 Å². The van der Waals surface area contributed by atoms with E-state index in [0.717, 1.165) is 0 Å². The number of hydrogen-bond acceptors (Lipinski definition) is 3. The van der Waals surface area contributed by atoms with Crippen LogP contribution >= 0.6 is 11.6 Å². The highest BCUT2D eigenvalue weighted by molar-refractivity contribution is 6.32. The SMILES string of the molecule is C=CCNC(=O)C(C)Oc1ccc(C#N)cc1Cl. The second-order valence-electron chi connectivity index (χ2n) is 3.55. The molecule has 0 aromatic heterocycles. The molecule has 0 fully saturated rings. The molecule has 0 saturated heterocycles. The van der Waals surface area contributed by atoms with Gasteiger partial charge in [-0.05, 0) is 25.1 Å². The fourth-order valence-corrected chi connectivity index (χ4v) is 1.45. The van der Waals surface area contributed by atoms with E-state index in [9.17, 15) is 4.79 Å². The predicted molar refractivity (Wildman–Crippen MR) is 69.5 cm³/mol. The monoisotopic (exact) mass is 264 g/mol. The van der Waals surface area contributed by atoms with E-state index in [1.54, 1.807) is 25.1 Å². The molecule has 94 valence electrons. The number of carbonyl (C=O) groups is 1. The highest BCUT2D eigenvalue weighted by Crippen LogP contribution is 2.26. The van der Waals surface area contributed by atoms with Gasteiger partial charge in [0.1, 0.15) is 5.75 Å². The Kier molecular flexibility index (Phi) is 5.22. The molecule has 0 heterocycles. The molecule has 0 radical (unpaired) electrons. The van der Waals surface area contributed by atoms with Gasteiger partial charge < -0.3 is 10.1 Å². The maximum Gasteiger partial charge on any atom is 0.261 e. The molecule has 0 saturated carbocycles. The van der Waals surface area contributed by atoms with Crippen LogP contribution < -0.4 is 10.1 Å². The van der Waals surface area contributed by atoms with Crippen molar-refractivity contribution in [1.29, 1.82) is 5.26 Å². The zero-order valence-electron chi connectivity index (χ0n) is 9.94. The molecule has 1 rings (SSSR count). The van der Waals surface area contributed by atoms with Gasteiger partial charge in [-0.15, -0.1) is 6.58 Å². The van der Waals surface area contributed by atoms with Gasteiger partial charge in [0.05, 0.1) is 16.7 Å². The molecular formula is C13H13ClN2O2. The Morgan fingerprint density at radius 3 is 3.00 bits per heavy atom. The summed E-state index contributed by atoms with van der Waals surface area (Å²) in [6.07, 6.45) is 0.912. The van der Waals surface area contributed by atoms with Gasteiger partial charge in [0.25, 0.3) is 5.91 Å². The third-order valence-electron chi connectivity index (χ3n) is 2.15. The minimum Gasteiger partial charge on any atom is -0.479 e. The molecule has 1 atom stereocenters. The number of rotatable bonds is 5. The first-order valence-electron chi connectivity index (χ1n) is 5.33. The summed E-state index contributed by atoms with van der Waals surface area (Å²) in [5, 5.41) is 11.6. The Bertz CT molecular complexity index is 494. The van der Waals surface area contributed by atoms with Crippen LogP contribution in [0.5, 0.6) is 5.75 Å². The zero-order valence-corrected chi connectivity index (χ0v) is 10.7. The van der Waals surface area contributed by atoms with E-state index in [1.807, 2.05) is 6.07 Å². The van der Waals surface area contributed by atoms with Crippen molar-refractivity contribution >= 4 is 17.5 Å². The standard InChI is InChI=1S/C13H13ClN2O2/c1-3-6-16-13(17)9(2)18-12-5-4-10(8-15)7-11(12)14/h3-5,7,9H,1,6H2,2H3,(H,16,17). The average molecular weight is 265 g/mol. The Morgan fingerprint density at radius 1 is 1.72 bits per heavy atom. The van der Waals surface area contributed by atoms with Crippen molar-refractivity contribution in [3.63, 3.8) is 0 Å². The Labute approximate surface area is 111 Å². The second-order valence-corrected chi connectivity index (χ2v) is 3.96. The normalized spacial score (nSPS) is 11.2. The van der Waals surface area contributed by atoms with Crippen molar-refractivity contribution in [3.05, 3.63) is 41.4 Å². The van der Waals surface area contributed by atoms with Crippen molar-refractivity contribution in [2.45, 2.75) is 13.0 Å². The number of benzene rings is 1. The predicted octanol–water partition coefficient (Wildman–Crippen LogP) is 2.28. The molecule has 1 aromatic rings. The van der Waals surface area contributed by atoms with E-state index in [0.29, 0.717) is 22.9 Å². The van der Waals surface area contributed by atoms with Gasteiger partial charge >= 0.3 is 0 Å². The number of nitriles is 1. The van der Waals surface area contributed by atoms with Crippen LogP contribution in [0.15, 0.2) is 30.9 Å². The topological polar surface area (TPSA) is 62.1 Å². The Balaban J connectivity index is 2.70. The minimum atomic E-state index is -0.671. The fraction of sp³-hybridized carbons (Fsp3) is 0.231. The average Bonchev–Trinajstić information content (AvgIpc) is 2.38. The number of nitrogens with one attached hydrogen (secondary N) is 1. The lowest BCUT2D eigenvalue weighted by atomic mass is 10.2. The van der Waals surface area contributed by atoms with Gasteiger partial charge in [0.15, 0.2) is 6.10 Å². The maximum atomic E-state index is 11.6. The summed E-state index contributed by atoms with van der Waals surface area (Å²) < 4.78 is 5.42. The summed E-state index contributed by atoms with van der Waals surface area (Å²) in [7, 11) is 0. The second kappa shape index (κ2) is 6.67. The lowest BCUT2D eigenvalue weighted by Crippen LogP contribution is -2.36. The summed E-state index contributed by atoms with van der Waals surface area (Å²) in [6.45, 7) is 5.50. The number of amides is 1. The zero-order chi connectivity index (χ0) is 13.5. The van der Waals surface area contributed by atoms with E-state index in [1.165, 1.54) is 6.07 Å². The third kappa shape index (κ3) is 3.79. The smallest absolute Gasteiger partial charge is 0.261 e. The summed E-state index contributed by atoms with van der Waals surface area (Å²) in [5.41, 5.74) is 0.441. The number of halogens is 1. The van der Waals surface area contributed by atoms with Crippen LogP contribution in [0.25, 0.3) is 0 Å². The molecule has 0 spiro atoms. The van der Waals surface area contributed by atoms with Gasteiger partial charge in [-0.3, -0.25) is 4.79 Å². The largest absolute Gasteiger partial charge is 0.479 e. The molecule has 0 aliphatic heterocycles. The number of ether oxygens (including phenoxy) is 1. The summed E-state index contributed by atoms with van der Waals surface area (Å²) in [4.78, 5) is 11.6. The lowest BCUT2D eigenvalue weighted by Gasteiger charge is -2.15. The molecule has 4 nitrogen and oxygen atoms in total. The van der Waals surface area contributed by atoms with Crippen molar-refractivity contribution in [3.8, 4) is 11.8 Å². The molecule has 5 heteroatoms. The molecule has 1 N–H and O–H groups in total. The number of nitrogens with zero attached hydrogens (tertiary/aromatic N) is 1. The summed E-state index contributed by atoms with van der Waals surface area (Å²) >= 11 is 5.94. The van der Waals surface area contributed by atoms with E-state index >= 15 is 0 Å². The number of hydrogen-bond donors (Lipinski definition) is 1. The fourth-order valence-electron chi connectivity index (χ4n) is 1.23. The van der Waals surface area contributed by atoms with Crippen LogP contribution in [0, 0.1) is 11.3 Å². The Morgan fingerprint density at radius 2 is 2.44 bits per heavy atom. The van der Waals surface area contributed by atoms with Gasteiger partial charge in [-0.25, -0.2) is 0 Å². The van der Waals surface area contributed by atoms with Crippen LogP contribution in [-0.2, 0) is 4.79 Å². The maximum absolute atomic E-state index is 11.6. The van der Waals surface area contributed by atoms with Gasteiger partial charge in [-0.2, -0.15) is 5.26 Å². The first kappa shape index (κ1) is 14.1. The minimum absolute atomic E-state index is 0.254. The third-order valence-corrected chi connectivity index (χ3v) is 2.45. The van der Waals surface area contributed by atoms with Gasteiger partial charge in [0.2, 0.25) is 0 Å². The van der Waals surface area contributed by atoms with E-state index in [4.69, 9.17) is 21.6 Å². The molecule has 1 aromatic carbocycles. The van der Waals surface area contributed by atoms with Crippen LogP contribution in [0.4, 0.5) is 0 Å². The molecule has 1 unspecified atom stereocenters. The first-order chi connectivity index (χ1) is 8.58. The molecule has 0 aliphatic carbocycles. The van der Waals surface area contributed by atoms with Crippen LogP contribution in [0.3, 0.4) is 0 Å². The van der Waals surface area contributed by atoms with E-state index in [-0.39, 0.29) is 5.91 Å². The molecule has 0 aliphatic rings. The highest BCUT2D eigenvalue weighted by atomic mass is 35.5. The van der Waals surface area contributed by atoms with Gasteiger partial charge in [0, 0.05) is 6.54 Å². The van der Waals surface area contributed by atoms with Crippen molar-refractivity contribution < 1.29 is 9.53 Å². The summed E-state index contributed by atoms with van der Waals surface area (Å²) in [6, 6.07) is 6.61.